The van der Waals surface area contributed by atoms with E-state index < -0.39 is 0 Å². The summed E-state index contributed by atoms with van der Waals surface area (Å²) in [5, 5.41) is 0. The zero-order valence-corrected chi connectivity index (χ0v) is 10.6. The van der Waals surface area contributed by atoms with Crippen LogP contribution >= 0.6 is 0 Å². The Labute approximate surface area is 98.2 Å². The maximum Gasteiger partial charge on any atom is 0.108 e. The van der Waals surface area contributed by atoms with Gasteiger partial charge in [0, 0.05) is 25.3 Å². The van der Waals surface area contributed by atoms with E-state index in [2.05, 4.69) is 48.7 Å². The Morgan fingerprint density at radius 3 is 2.56 bits per heavy atom. The predicted octanol–water partition coefficient (Wildman–Crippen LogP) is 3.18. The quantitative estimate of drug-likeness (QED) is 0.703. The monoisotopic (exact) mass is 218 g/mol. The maximum absolute atomic E-state index is 2.67. The summed E-state index contributed by atoms with van der Waals surface area (Å²) >= 11 is 0. The molecule has 1 atom stereocenters. The highest BCUT2D eigenvalue weighted by molar-refractivity contribution is 5.45. The molecule has 0 N–H and O–H groups in total. The minimum Gasteiger partial charge on any atom is -0.352 e. The van der Waals surface area contributed by atoms with Gasteiger partial charge < -0.3 is 9.47 Å². The fraction of sp³-hybridized carbons (Fsp3) is 0.714. The number of aromatic nitrogens is 1. The molecule has 16 heavy (non-hydrogen) atoms. The van der Waals surface area contributed by atoms with E-state index in [1.807, 2.05) is 0 Å². The number of hydrogen-bond donors (Lipinski definition) is 0. The molecular formula is C14H22N2. The lowest BCUT2D eigenvalue weighted by molar-refractivity contribution is 0.0954. The van der Waals surface area contributed by atoms with E-state index in [0.717, 1.165) is 6.04 Å². The van der Waals surface area contributed by atoms with Crippen molar-refractivity contribution in [1.82, 2.24) is 4.57 Å². The van der Waals surface area contributed by atoms with Gasteiger partial charge in [-0.1, -0.05) is 6.92 Å². The number of aryl methyl sites for hydroxylation is 1. The SMILES string of the molecule is CC1N(c2cccn2C)C2CCC1(C)CC2. The summed E-state index contributed by atoms with van der Waals surface area (Å²) in [6, 6.07) is 5.90. The van der Waals surface area contributed by atoms with Gasteiger partial charge in [0.25, 0.3) is 0 Å². The number of rotatable bonds is 1. The molecule has 1 aromatic rings. The summed E-state index contributed by atoms with van der Waals surface area (Å²) in [7, 11) is 2.16. The fourth-order valence-corrected chi connectivity index (χ4v) is 3.72. The second kappa shape index (κ2) is 3.28. The summed E-state index contributed by atoms with van der Waals surface area (Å²) in [6.45, 7) is 4.89. The van der Waals surface area contributed by atoms with Crippen molar-refractivity contribution in [2.45, 2.75) is 51.6 Å². The van der Waals surface area contributed by atoms with Gasteiger partial charge in [-0.05, 0) is 50.2 Å². The topological polar surface area (TPSA) is 8.17 Å². The van der Waals surface area contributed by atoms with E-state index in [9.17, 15) is 0 Å². The van der Waals surface area contributed by atoms with Crippen LogP contribution < -0.4 is 4.90 Å². The Morgan fingerprint density at radius 1 is 1.31 bits per heavy atom. The van der Waals surface area contributed by atoms with Crippen molar-refractivity contribution in [3.05, 3.63) is 18.3 Å². The standard InChI is InChI=1S/C14H22N2/c1-11-14(2)8-6-12(7-9-14)16(11)13-5-4-10-15(13)3/h4-5,10-12H,6-9H2,1-3H3. The highest BCUT2D eigenvalue weighted by atomic mass is 15.3. The lowest BCUT2D eigenvalue weighted by atomic mass is 9.64. The van der Waals surface area contributed by atoms with Crippen LogP contribution in [0.4, 0.5) is 5.82 Å². The van der Waals surface area contributed by atoms with Crippen LogP contribution in [0.2, 0.25) is 0 Å². The number of nitrogens with zero attached hydrogens (tertiary/aromatic N) is 2. The van der Waals surface area contributed by atoms with E-state index in [0.29, 0.717) is 11.5 Å². The largest absolute Gasteiger partial charge is 0.352 e. The van der Waals surface area contributed by atoms with Crippen LogP contribution in [0.1, 0.15) is 39.5 Å². The van der Waals surface area contributed by atoms with Gasteiger partial charge >= 0.3 is 0 Å². The minimum atomic E-state index is 0.541. The van der Waals surface area contributed by atoms with E-state index >= 15 is 0 Å². The highest BCUT2D eigenvalue weighted by Gasteiger charge is 2.47. The molecule has 2 aliphatic heterocycles. The molecule has 4 rings (SSSR count). The zero-order valence-electron chi connectivity index (χ0n) is 10.6. The maximum atomic E-state index is 2.67. The number of hydrogen-bond acceptors (Lipinski definition) is 1. The van der Waals surface area contributed by atoms with Gasteiger partial charge in [-0.3, -0.25) is 0 Å². The molecule has 2 bridgehead atoms. The summed E-state index contributed by atoms with van der Waals surface area (Å²) in [6.07, 6.45) is 7.75. The van der Waals surface area contributed by atoms with Crippen molar-refractivity contribution in [2.24, 2.45) is 12.5 Å². The normalized spacial score (nSPS) is 38.1. The summed E-state index contributed by atoms with van der Waals surface area (Å²) in [5.41, 5.74) is 0.541. The molecule has 3 heterocycles. The van der Waals surface area contributed by atoms with E-state index in [4.69, 9.17) is 0 Å². The van der Waals surface area contributed by atoms with Gasteiger partial charge in [-0.2, -0.15) is 0 Å². The van der Waals surface area contributed by atoms with Gasteiger partial charge in [-0.25, -0.2) is 0 Å². The van der Waals surface area contributed by atoms with Crippen LogP contribution in [0.25, 0.3) is 0 Å². The minimum absolute atomic E-state index is 0.541. The molecule has 0 spiro atoms. The van der Waals surface area contributed by atoms with E-state index in [1.54, 1.807) is 0 Å². The Balaban J connectivity index is 1.99. The Hall–Kier alpha value is -0.920. The molecule has 2 heteroatoms. The molecule has 0 radical (unpaired) electrons. The van der Waals surface area contributed by atoms with Crippen LogP contribution in [0, 0.1) is 5.41 Å². The van der Waals surface area contributed by atoms with Crippen LogP contribution in [-0.4, -0.2) is 16.7 Å². The predicted molar refractivity (Wildman–Crippen MR) is 67.7 cm³/mol. The Kier molecular flexibility index (Phi) is 2.10. The van der Waals surface area contributed by atoms with Gasteiger partial charge in [-0.15, -0.1) is 0 Å². The average molecular weight is 218 g/mol. The van der Waals surface area contributed by atoms with Crippen molar-refractivity contribution < 1.29 is 0 Å². The van der Waals surface area contributed by atoms with Crippen LogP contribution in [-0.2, 0) is 7.05 Å². The second-order valence-corrected chi connectivity index (χ2v) is 5.95. The van der Waals surface area contributed by atoms with Gasteiger partial charge in [0.2, 0.25) is 0 Å². The molecule has 1 aliphatic carbocycles. The third-order valence-corrected chi connectivity index (χ3v) is 5.10. The third-order valence-electron chi connectivity index (χ3n) is 5.10. The van der Waals surface area contributed by atoms with E-state index in [1.165, 1.54) is 31.5 Å². The first-order valence-corrected chi connectivity index (χ1v) is 6.51. The fourth-order valence-electron chi connectivity index (χ4n) is 3.72. The molecular weight excluding hydrogens is 196 g/mol. The second-order valence-electron chi connectivity index (χ2n) is 5.95. The third kappa shape index (κ3) is 1.25. The van der Waals surface area contributed by atoms with Crippen molar-refractivity contribution in [3.8, 4) is 0 Å². The average Bonchev–Trinajstić information content (AvgIpc) is 2.67. The lowest BCUT2D eigenvalue weighted by Crippen LogP contribution is -2.59. The summed E-state index contributed by atoms with van der Waals surface area (Å²) < 4.78 is 2.26. The molecule has 2 nitrogen and oxygen atoms in total. The van der Waals surface area contributed by atoms with Gasteiger partial charge in [0.05, 0.1) is 0 Å². The Morgan fingerprint density at radius 2 is 2.00 bits per heavy atom. The van der Waals surface area contributed by atoms with Crippen LogP contribution in [0.5, 0.6) is 0 Å². The molecule has 3 fully saturated rings. The van der Waals surface area contributed by atoms with Crippen molar-refractivity contribution >= 4 is 5.82 Å². The van der Waals surface area contributed by atoms with Crippen molar-refractivity contribution in [2.75, 3.05) is 4.90 Å². The first kappa shape index (κ1) is 10.2. The van der Waals surface area contributed by atoms with Gasteiger partial charge in [0.1, 0.15) is 5.82 Å². The van der Waals surface area contributed by atoms with Crippen LogP contribution in [0.3, 0.4) is 0 Å². The lowest BCUT2D eigenvalue weighted by Gasteiger charge is -2.57. The molecule has 3 aliphatic rings. The number of fused-ring (bicyclic) bond motifs is 3. The highest BCUT2D eigenvalue weighted by Crippen LogP contribution is 2.49. The van der Waals surface area contributed by atoms with Crippen molar-refractivity contribution in [1.29, 1.82) is 0 Å². The summed E-state index contributed by atoms with van der Waals surface area (Å²) in [5.74, 6) is 1.41. The molecule has 1 aromatic heterocycles. The van der Waals surface area contributed by atoms with Gasteiger partial charge in [0.15, 0.2) is 0 Å². The molecule has 1 unspecified atom stereocenters. The Bertz CT molecular complexity index is 385. The molecule has 0 amide bonds. The zero-order chi connectivity index (χ0) is 11.3. The summed E-state index contributed by atoms with van der Waals surface area (Å²) in [4.78, 5) is 2.67. The smallest absolute Gasteiger partial charge is 0.108 e. The molecule has 1 saturated carbocycles. The van der Waals surface area contributed by atoms with Crippen molar-refractivity contribution in [3.63, 3.8) is 0 Å². The molecule has 2 saturated heterocycles. The molecule has 88 valence electrons. The van der Waals surface area contributed by atoms with E-state index in [-0.39, 0.29) is 0 Å². The van der Waals surface area contributed by atoms with Crippen LogP contribution in [0.15, 0.2) is 18.3 Å². The number of piperidine rings is 2. The number of anilines is 1. The first-order chi connectivity index (χ1) is 7.62. The first-order valence-electron chi connectivity index (χ1n) is 6.51. The molecule has 0 aromatic carbocycles.